The van der Waals surface area contributed by atoms with Crippen molar-refractivity contribution >= 4 is 5.84 Å². The van der Waals surface area contributed by atoms with Crippen molar-refractivity contribution in [1.82, 2.24) is 4.90 Å². The number of hydrogen-bond acceptors (Lipinski definition) is 4. The number of halogens is 3. The zero-order chi connectivity index (χ0) is 15.8. The molecule has 0 atom stereocenters. The highest BCUT2D eigenvalue weighted by molar-refractivity contribution is 5.85. The van der Waals surface area contributed by atoms with E-state index in [1.54, 1.807) is 0 Å². The zero-order valence-electron chi connectivity index (χ0n) is 11.9. The Bertz CT molecular complexity index is 307. The number of nitrogens with zero attached hydrogens (tertiary/aromatic N) is 2. The third kappa shape index (κ3) is 8.21. The van der Waals surface area contributed by atoms with Crippen LogP contribution in [-0.2, 0) is 0 Å². The minimum Gasteiger partial charge on any atom is -0.409 e. The number of amidine groups is 1. The van der Waals surface area contributed by atoms with Crippen molar-refractivity contribution in [2.45, 2.75) is 39.3 Å². The van der Waals surface area contributed by atoms with E-state index < -0.39 is 18.1 Å². The maximum Gasteiger partial charge on any atom is 0.401 e. The van der Waals surface area contributed by atoms with Crippen molar-refractivity contribution in [2.75, 3.05) is 26.2 Å². The molecule has 0 aromatic rings. The molecule has 0 fully saturated rings. The van der Waals surface area contributed by atoms with Crippen LogP contribution in [0.5, 0.6) is 0 Å². The van der Waals surface area contributed by atoms with Gasteiger partial charge in [0.05, 0.1) is 13.2 Å². The third-order valence-corrected chi connectivity index (χ3v) is 3.15. The van der Waals surface area contributed by atoms with Gasteiger partial charge >= 0.3 is 6.18 Å². The van der Waals surface area contributed by atoms with E-state index in [9.17, 15) is 13.2 Å². The van der Waals surface area contributed by atoms with E-state index in [2.05, 4.69) is 5.16 Å². The highest BCUT2D eigenvalue weighted by atomic mass is 19.4. The average Bonchev–Trinajstić information content (AvgIpc) is 2.31. The Morgan fingerprint density at radius 3 is 2.25 bits per heavy atom. The summed E-state index contributed by atoms with van der Waals surface area (Å²) < 4.78 is 36.9. The van der Waals surface area contributed by atoms with Gasteiger partial charge in [0.2, 0.25) is 0 Å². The lowest BCUT2D eigenvalue weighted by Crippen LogP contribution is -2.37. The van der Waals surface area contributed by atoms with Gasteiger partial charge in [-0.3, -0.25) is 4.90 Å². The second-order valence-corrected chi connectivity index (χ2v) is 5.44. The fraction of sp³-hybridized carbons (Fsp3) is 0.917. The zero-order valence-corrected chi connectivity index (χ0v) is 11.9. The van der Waals surface area contributed by atoms with E-state index in [-0.39, 0.29) is 25.5 Å². The molecule has 0 aromatic heterocycles. The number of nitrogens with two attached hydrogens (primary N) is 1. The Balaban J connectivity index is 4.13. The molecule has 0 aliphatic carbocycles. The first-order valence-corrected chi connectivity index (χ1v) is 6.50. The lowest BCUT2D eigenvalue weighted by Gasteiger charge is -2.25. The fourth-order valence-electron chi connectivity index (χ4n) is 1.83. The van der Waals surface area contributed by atoms with Crippen LogP contribution in [0.2, 0.25) is 0 Å². The molecule has 0 bridgehead atoms. The highest BCUT2D eigenvalue weighted by Crippen LogP contribution is 2.23. The minimum atomic E-state index is -4.26. The van der Waals surface area contributed by atoms with E-state index in [0.29, 0.717) is 19.3 Å². The number of oxime groups is 1. The predicted molar refractivity (Wildman–Crippen MR) is 70.6 cm³/mol. The Kier molecular flexibility index (Phi) is 7.88. The van der Waals surface area contributed by atoms with Crippen LogP contribution < -0.4 is 5.73 Å². The van der Waals surface area contributed by atoms with Crippen molar-refractivity contribution in [2.24, 2.45) is 16.3 Å². The summed E-state index contributed by atoms with van der Waals surface area (Å²) >= 11 is 0. The van der Waals surface area contributed by atoms with Crippen LogP contribution in [0.1, 0.15) is 33.1 Å². The Hall–Kier alpha value is -1.02. The van der Waals surface area contributed by atoms with E-state index in [1.165, 1.54) is 4.90 Å². The first-order valence-electron chi connectivity index (χ1n) is 6.50. The maximum atomic E-state index is 12.3. The van der Waals surface area contributed by atoms with Gasteiger partial charge in [0.1, 0.15) is 5.84 Å². The van der Waals surface area contributed by atoms with Crippen LogP contribution in [0.3, 0.4) is 0 Å². The van der Waals surface area contributed by atoms with Crippen LogP contribution in [0.15, 0.2) is 5.16 Å². The monoisotopic (exact) mass is 299 g/mol. The molecule has 0 unspecified atom stereocenters. The lowest BCUT2D eigenvalue weighted by atomic mass is 9.86. The van der Waals surface area contributed by atoms with Gasteiger partial charge in [-0.15, -0.1) is 0 Å². The van der Waals surface area contributed by atoms with Gasteiger partial charge in [0, 0.05) is 12.0 Å². The minimum absolute atomic E-state index is 0.00312. The molecule has 0 saturated heterocycles. The Morgan fingerprint density at radius 2 is 1.80 bits per heavy atom. The summed E-state index contributed by atoms with van der Waals surface area (Å²) in [6.07, 6.45) is -2.44. The quantitative estimate of drug-likeness (QED) is 0.199. The number of unbranched alkanes of at least 4 members (excludes halogenated alkanes) is 1. The van der Waals surface area contributed by atoms with Crippen LogP contribution in [-0.4, -0.2) is 53.5 Å². The number of hydrogen-bond donors (Lipinski definition) is 3. The number of alkyl halides is 3. The molecule has 20 heavy (non-hydrogen) atoms. The fourth-order valence-corrected chi connectivity index (χ4v) is 1.83. The third-order valence-electron chi connectivity index (χ3n) is 3.15. The van der Waals surface area contributed by atoms with E-state index in [4.69, 9.17) is 16.0 Å². The summed E-state index contributed by atoms with van der Waals surface area (Å²) in [7, 11) is 0. The van der Waals surface area contributed by atoms with Crippen LogP contribution in [0.4, 0.5) is 13.2 Å². The summed E-state index contributed by atoms with van der Waals surface area (Å²) in [6.45, 7) is 2.56. The lowest BCUT2D eigenvalue weighted by molar-refractivity contribution is -0.146. The van der Waals surface area contributed by atoms with Gasteiger partial charge in [-0.25, -0.2) is 0 Å². The molecule has 0 aliphatic heterocycles. The maximum absolute atomic E-state index is 12.3. The van der Waals surface area contributed by atoms with Crippen molar-refractivity contribution in [1.29, 1.82) is 0 Å². The van der Waals surface area contributed by atoms with Gasteiger partial charge in [-0.1, -0.05) is 25.4 Å². The molecule has 0 heterocycles. The van der Waals surface area contributed by atoms with Crippen LogP contribution >= 0.6 is 0 Å². The number of aliphatic hydroxyl groups excluding tert-OH is 1. The molecule has 0 saturated carbocycles. The predicted octanol–water partition coefficient (Wildman–Crippen LogP) is 1.79. The van der Waals surface area contributed by atoms with Gasteiger partial charge < -0.3 is 16.0 Å². The molecule has 0 rings (SSSR count). The van der Waals surface area contributed by atoms with Crippen LogP contribution in [0, 0.1) is 5.41 Å². The van der Waals surface area contributed by atoms with E-state index in [1.807, 2.05) is 13.8 Å². The molecule has 0 spiro atoms. The van der Waals surface area contributed by atoms with E-state index >= 15 is 0 Å². The standard InChI is InChI=1S/C12H24F3N3O2/c1-11(2,10(16)17-20)5-3-4-6-18(7-8-19)9-12(13,14)15/h19-20H,3-9H2,1-2H3,(H2,16,17). The number of rotatable bonds is 9. The van der Waals surface area contributed by atoms with Crippen molar-refractivity contribution < 1.29 is 23.5 Å². The molecule has 120 valence electrons. The Morgan fingerprint density at radius 1 is 1.20 bits per heavy atom. The second kappa shape index (κ2) is 8.31. The van der Waals surface area contributed by atoms with E-state index in [0.717, 1.165) is 0 Å². The molecule has 8 heteroatoms. The topological polar surface area (TPSA) is 82.1 Å². The van der Waals surface area contributed by atoms with Crippen molar-refractivity contribution in [3.05, 3.63) is 0 Å². The van der Waals surface area contributed by atoms with Gasteiger partial charge in [0.25, 0.3) is 0 Å². The molecular formula is C12H24F3N3O2. The summed E-state index contributed by atoms with van der Waals surface area (Å²) in [4.78, 5) is 1.18. The average molecular weight is 299 g/mol. The highest BCUT2D eigenvalue weighted by Gasteiger charge is 2.30. The van der Waals surface area contributed by atoms with Gasteiger partial charge in [-0.05, 0) is 19.4 Å². The summed E-state index contributed by atoms with van der Waals surface area (Å²) in [5.74, 6) is 0.111. The van der Waals surface area contributed by atoms with Gasteiger partial charge in [-0.2, -0.15) is 13.2 Å². The first kappa shape index (κ1) is 19.0. The van der Waals surface area contributed by atoms with Crippen molar-refractivity contribution in [3.63, 3.8) is 0 Å². The van der Waals surface area contributed by atoms with Crippen molar-refractivity contribution in [3.8, 4) is 0 Å². The van der Waals surface area contributed by atoms with Crippen LogP contribution in [0.25, 0.3) is 0 Å². The summed E-state index contributed by atoms with van der Waals surface area (Å²) in [6, 6.07) is 0. The van der Waals surface area contributed by atoms with Gasteiger partial charge in [0.15, 0.2) is 0 Å². The number of aliphatic hydroxyl groups is 1. The molecule has 0 aromatic carbocycles. The Labute approximate surface area is 117 Å². The first-order chi connectivity index (χ1) is 9.12. The normalized spacial score (nSPS) is 14.1. The molecule has 5 nitrogen and oxygen atoms in total. The molecule has 0 amide bonds. The summed E-state index contributed by atoms with van der Waals surface area (Å²) in [5, 5.41) is 20.3. The summed E-state index contributed by atoms with van der Waals surface area (Å²) in [5.41, 5.74) is 5.05. The molecular weight excluding hydrogens is 275 g/mol. The molecule has 0 radical (unpaired) electrons. The molecule has 4 N–H and O–H groups in total. The molecule has 0 aliphatic rings. The SMILES string of the molecule is CC(C)(CCCCN(CCO)CC(F)(F)F)C(N)=NO. The second-order valence-electron chi connectivity index (χ2n) is 5.44. The largest absolute Gasteiger partial charge is 0.409 e. The smallest absolute Gasteiger partial charge is 0.401 e.